The smallest absolute Gasteiger partial charge is 0.00675 e. The Hall–Kier alpha value is -0.860. The van der Waals surface area contributed by atoms with Crippen LogP contribution < -0.4 is 0 Å². The molecule has 0 saturated carbocycles. The van der Waals surface area contributed by atoms with Crippen molar-refractivity contribution in [3.63, 3.8) is 0 Å². The van der Waals surface area contributed by atoms with Crippen molar-refractivity contribution in [2.24, 2.45) is 5.92 Å². The summed E-state index contributed by atoms with van der Waals surface area (Å²) >= 11 is 0. The highest BCUT2D eigenvalue weighted by molar-refractivity contribution is 5.23. The third-order valence-electron chi connectivity index (χ3n) is 4.17. The average molecular weight is 245 g/mol. The van der Waals surface area contributed by atoms with Crippen LogP contribution in [0.3, 0.4) is 0 Å². The maximum atomic E-state index is 4.60. The molecule has 2 heteroatoms. The number of likely N-dealkylation sites (tertiary alicyclic amines) is 1. The summed E-state index contributed by atoms with van der Waals surface area (Å²) in [5.41, 5.74) is 1.35. The summed E-state index contributed by atoms with van der Waals surface area (Å²) in [6.07, 6.45) is 2.71. The summed E-state index contributed by atoms with van der Waals surface area (Å²) in [7, 11) is 1.95. The van der Waals surface area contributed by atoms with Gasteiger partial charge in [0.05, 0.1) is 0 Å². The van der Waals surface area contributed by atoms with Crippen LogP contribution in [0, 0.1) is 5.92 Å². The Labute approximate surface area is 111 Å². The van der Waals surface area contributed by atoms with Gasteiger partial charge in [0.1, 0.15) is 0 Å². The largest absolute Gasteiger partial charge is 0.658 e. The van der Waals surface area contributed by atoms with Crippen molar-refractivity contribution in [3.05, 3.63) is 41.2 Å². The van der Waals surface area contributed by atoms with E-state index in [1.165, 1.54) is 24.9 Å². The van der Waals surface area contributed by atoms with E-state index >= 15 is 0 Å². The molecule has 1 fully saturated rings. The average Bonchev–Trinajstić information content (AvgIpc) is 2.77. The molecule has 0 unspecified atom stereocenters. The third kappa shape index (κ3) is 3.12. The van der Waals surface area contributed by atoms with Crippen molar-refractivity contribution in [3.8, 4) is 0 Å². The van der Waals surface area contributed by atoms with Crippen molar-refractivity contribution < 1.29 is 0 Å². The van der Waals surface area contributed by atoms with Gasteiger partial charge >= 0.3 is 0 Å². The molecule has 0 aliphatic carbocycles. The minimum atomic E-state index is 0.332. The lowest BCUT2D eigenvalue weighted by atomic mass is 9.94. The highest BCUT2D eigenvalue weighted by atomic mass is 15.2. The quantitative estimate of drug-likeness (QED) is 0.770. The number of rotatable bonds is 5. The van der Waals surface area contributed by atoms with Crippen molar-refractivity contribution in [2.75, 3.05) is 20.1 Å². The lowest BCUT2D eigenvalue weighted by Crippen LogP contribution is -2.33. The van der Waals surface area contributed by atoms with Gasteiger partial charge in [0.25, 0.3) is 0 Å². The van der Waals surface area contributed by atoms with E-state index < -0.39 is 0 Å². The van der Waals surface area contributed by atoms with Gasteiger partial charge in [-0.15, -0.1) is 6.04 Å². The number of benzene rings is 1. The van der Waals surface area contributed by atoms with Gasteiger partial charge in [-0.05, 0) is 38.8 Å². The minimum Gasteiger partial charge on any atom is -0.658 e. The summed E-state index contributed by atoms with van der Waals surface area (Å²) < 4.78 is 0. The maximum Gasteiger partial charge on any atom is 0.00675 e. The van der Waals surface area contributed by atoms with E-state index in [1.807, 2.05) is 7.05 Å². The first-order chi connectivity index (χ1) is 8.72. The van der Waals surface area contributed by atoms with Gasteiger partial charge in [-0.3, -0.25) is 0 Å². The summed E-state index contributed by atoms with van der Waals surface area (Å²) in [5, 5.41) is 4.60. The second kappa shape index (κ2) is 6.35. The molecular weight excluding hydrogens is 220 g/mol. The molecule has 1 aliphatic heterocycles. The van der Waals surface area contributed by atoms with Crippen LogP contribution in [0.4, 0.5) is 0 Å². The van der Waals surface area contributed by atoms with Gasteiger partial charge in [-0.1, -0.05) is 42.8 Å². The maximum absolute atomic E-state index is 4.60. The molecule has 100 valence electrons. The lowest BCUT2D eigenvalue weighted by molar-refractivity contribution is 0.223. The highest BCUT2D eigenvalue weighted by Gasteiger charge is 2.22. The van der Waals surface area contributed by atoms with Crippen LogP contribution >= 0.6 is 0 Å². The highest BCUT2D eigenvalue weighted by Crippen LogP contribution is 2.30. The molecule has 0 bridgehead atoms. The fourth-order valence-electron chi connectivity index (χ4n) is 3.12. The molecule has 3 atom stereocenters. The monoisotopic (exact) mass is 245 g/mol. The van der Waals surface area contributed by atoms with E-state index in [0.717, 1.165) is 12.6 Å². The van der Waals surface area contributed by atoms with Crippen molar-refractivity contribution in [1.29, 1.82) is 0 Å². The van der Waals surface area contributed by atoms with Gasteiger partial charge in [-0.25, -0.2) is 0 Å². The Balaban J connectivity index is 1.99. The topological polar surface area (TPSA) is 17.3 Å². The van der Waals surface area contributed by atoms with Gasteiger partial charge < -0.3 is 10.2 Å². The molecule has 0 aromatic heterocycles. The van der Waals surface area contributed by atoms with E-state index in [1.54, 1.807) is 0 Å². The summed E-state index contributed by atoms with van der Waals surface area (Å²) in [5.74, 6) is 0.581. The fourth-order valence-corrected chi connectivity index (χ4v) is 3.12. The molecule has 1 aromatic rings. The van der Waals surface area contributed by atoms with Crippen LogP contribution in [-0.2, 0) is 0 Å². The minimum absolute atomic E-state index is 0.332. The Morgan fingerprint density at radius 1 is 1.33 bits per heavy atom. The zero-order chi connectivity index (χ0) is 13.0. The molecule has 18 heavy (non-hydrogen) atoms. The molecule has 0 radical (unpaired) electrons. The zero-order valence-corrected chi connectivity index (χ0v) is 11.8. The fraction of sp³-hybridized carbons (Fsp3) is 0.625. The first kappa shape index (κ1) is 13.6. The van der Waals surface area contributed by atoms with Crippen LogP contribution in [0.2, 0.25) is 0 Å². The SMILES string of the molecule is C[N-][C@@H](c1ccccc1)[C@@H](C)CN1CCC[C@H]1C. The van der Waals surface area contributed by atoms with Crippen molar-refractivity contribution in [1.82, 2.24) is 4.90 Å². The Bertz CT molecular complexity index is 349. The predicted octanol–water partition coefficient (Wildman–Crippen LogP) is 3.85. The number of hydrogen-bond acceptors (Lipinski definition) is 1. The molecule has 1 aromatic carbocycles. The second-order valence-electron chi connectivity index (χ2n) is 5.58. The molecule has 1 heterocycles. The molecule has 2 rings (SSSR count). The van der Waals surface area contributed by atoms with E-state index in [0.29, 0.717) is 12.0 Å². The van der Waals surface area contributed by atoms with Gasteiger partial charge in [0.2, 0.25) is 0 Å². The summed E-state index contributed by atoms with van der Waals surface area (Å²) in [6.45, 7) is 7.10. The van der Waals surface area contributed by atoms with Crippen molar-refractivity contribution >= 4 is 0 Å². The molecule has 0 N–H and O–H groups in total. The van der Waals surface area contributed by atoms with E-state index in [-0.39, 0.29) is 0 Å². The first-order valence-corrected chi connectivity index (χ1v) is 7.10. The van der Waals surface area contributed by atoms with Gasteiger partial charge in [0, 0.05) is 6.04 Å². The number of hydrogen-bond donors (Lipinski definition) is 0. The van der Waals surface area contributed by atoms with Crippen LogP contribution in [0.5, 0.6) is 0 Å². The predicted molar refractivity (Wildman–Crippen MR) is 77.9 cm³/mol. The molecule has 1 saturated heterocycles. The second-order valence-corrected chi connectivity index (χ2v) is 5.58. The zero-order valence-electron chi connectivity index (χ0n) is 11.8. The molecule has 2 nitrogen and oxygen atoms in total. The van der Waals surface area contributed by atoms with Gasteiger partial charge in [-0.2, -0.15) is 7.05 Å². The lowest BCUT2D eigenvalue weighted by Gasteiger charge is -2.37. The van der Waals surface area contributed by atoms with E-state index in [4.69, 9.17) is 0 Å². The van der Waals surface area contributed by atoms with Gasteiger partial charge in [0.15, 0.2) is 0 Å². The van der Waals surface area contributed by atoms with Crippen LogP contribution in [0.25, 0.3) is 5.32 Å². The molecule has 0 spiro atoms. The third-order valence-corrected chi connectivity index (χ3v) is 4.17. The van der Waals surface area contributed by atoms with E-state index in [2.05, 4.69) is 54.4 Å². The van der Waals surface area contributed by atoms with E-state index in [9.17, 15) is 0 Å². The molecule has 1 aliphatic rings. The first-order valence-electron chi connectivity index (χ1n) is 7.10. The number of nitrogens with zero attached hydrogens (tertiary/aromatic N) is 2. The Morgan fingerprint density at radius 2 is 2.06 bits per heavy atom. The Kier molecular flexibility index (Phi) is 4.79. The van der Waals surface area contributed by atoms with Crippen LogP contribution in [-0.4, -0.2) is 31.1 Å². The molecule has 0 amide bonds. The summed E-state index contributed by atoms with van der Waals surface area (Å²) in [6, 6.07) is 11.8. The van der Waals surface area contributed by atoms with Crippen LogP contribution in [0.1, 0.15) is 38.3 Å². The van der Waals surface area contributed by atoms with Crippen LogP contribution in [0.15, 0.2) is 30.3 Å². The van der Waals surface area contributed by atoms with Crippen molar-refractivity contribution in [2.45, 2.75) is 38.8 Å². The Morgan fingerprint density at radius 3 is 2.61 bits per heavy atom. The standard InChI is InChI=1S/C16H25N2/c1-13(12-18-11-7-8-14(18)2)16(17-3)15-9-5-4-6-10-15/h4-6,9-10,13-14,16H,7-8,11-12H2,1-3H3/q-1/t13-,14+,16+/m0/s1. The summed E-state index contributed by atoms with van der Waals surface area (Å²) in [4.78, 5) is 2.62. The molecular formula is C16H25N2-. The normalized spacial score (nSPS) is 24.1.